The van der Waals surface area contributed by atoms with E-state index >= 15 is 0 Å². The molecule has 0 unspecified atom stereocenters. The van der Waals surface area contributed by atoms with Crippen LogP contribution in [0.1, 0.15) is 42.6 Å². The maximum Gasteiger partial charge on any atom is 0.285 e. The molecule has 0 saturated carbocycles. The SMILES string of the molecule is CCC(CC)N(CCO)C(=O)c1cccc(C)c1[N+](=O)[O-]. The van der Waals surface area contributed by atoms with Gasteiger partial charge in [-0.3, -0.25) is 14.9 Å². The van der Waals surface area contributed by atoms with Crippen LogP contribution in [0.5, 0.6) is 0 Å². The van der Waals surface area contributed by atoms with Gasteiger partial charge in [0.05, 0.1) is 11.5 Å². The Bertz CT molecular complexity index is 512. The Morgan fingerprint density at radius 3 is 2.48 bits per heavy atom. The summed E-state index contributed by atoms with van der Waals surface area (Å²) >= 11 is 0. The molecule has 0 radical (unpaired) electrons. The van der Waals surface area contributed by atoms with Gasteiger partial charge in [-0.15, -0.1) is 0 Å². The molecule has 0 aliphatic heterocycles. The summed E-state index contributed by atoms with van der Waals surface area (Å²) in [6.45, 7) is 5.54. The summed E-state index contributed by atoms with van der Waals surface area (Å²) in [7, 11) is 0. The van der Waals surface area contributed by atoms with Gasteiger partial charge in [0, 0.05) is 18.2 Å². The van der Waals surface area contributed by atoms with Crippen LogP contribution in [0.2, 0.25) is 0 Å². The van der Waals surface area contributed by atoms with Crippen molar-refractivity contribution in [3.05, 3.63) is 39.4 Å². The van der Waals surface area contributed by atoms with Gasteiger partial charge >= 0.3 is 0 Å². The summed E-state index contributed by atoms with van der Waals surface area (Å²) in [5, 5.41) is 20.4. The summed E-state index contributed by atoms with van der Waals surface area (Å²) in [6, 6.07) is 4.69. The molecule has 0 heterocycles. The molecule has 0 aromatic heterocycles. The van der Waals surface area contributed by atoms with Crippen LogP contribution >= 0.6 is 0 Å². The number of aliphatic hydroxyl groups is 1. The lowest BCUT2D eigenvalue weighted by molar-refractivity contribution is -0.385. The summed E-state index contributed by atoms with van der Waals surface area (Å²) in [5.41, 5.74) is 0.385. The van der Waals surface area contributed by atoms with Crippen molar-refractivity contribution in [2.45, 2.75) is 39.7 Å². The van der Waals surface area contributed by atoms with Gasteiger partial charge in [0.2, 0.25) is 0 Å². The Balaban J connectivity index is 3.27. The van der Waals surface area contributed by atoms with Crippen molar-refractivity contribution in [1.29, 1.82) is 0 Å². The van der Waals surface area contributed by atoms with Gasteiger partial charge in [0.15, 0.2) is 0 Å². The monoisotopic (exact) mass is 294 g/mol. The molecular weight excluding hydrogens is 272 g/mol. The van der Waals surface area contributed by atoms with E-state index in [2.05, 4.69) is 0 Å². The van der Waals surface area contributed by atoms with Gasteiger partial charge in [0.25, 0.3) is 11.6 Å². The number of amides is 1. The lowest BCUT2D eigenvalue weighted by Crippen LogP contribution is -2.41. The Morgan fingerprint density at radius 1 is 1.38 bits per heavy atom. The van der Waals surface area contributed by atoms with E-state index < -0.39 is 10.8 Å². The van der Waals surface area contributed by atoms with Crippen molar-refractivity contribution in [2.75, 3.05) is 13.2 Å². The zero-order valence-electron chi connectivity index (χ0n) is 12.7. The molecular formula is C15H22N2O4. The van der Waals surface area contributed by atoms with Crippen molar-refractivity contribution in [2.24, 2.45) is 0 Å². The second-order valence-corrected chi connectivity index (χ2v) is 4.92. The highest BCUT2D eigenvalue weighted by Gasteiger charge is 2.28. The molecule has 0 fully saturated rings. The second kappa shape index (κ2) is 7.73. The fraction of sp³-hybridized carbons (Fsp3) is 0.533. The molecule has 1 amide bonds. The van der Waals surface area contributed by atoms with Crippen LogP contribution < -0.4 is 0 Å². The van der Waals surface area contributed by atoms with Gasteiger partial charge in [-0.25, -0.2) is 0 Å². The summed E-state index contributed by atoms with van der Waals surface area (Å²) in [6.07, 6.45) is 1.48. The van der Waals surface area contributed by atoms with Crippen LogP contribution in [0.4, 0.5) is 5.69 Å². The number of hydrogen-bond acceptors (Lipinski definition) is 4. The van der Waals surface area contributed by atoms with E-state index in [4.69, 9.17) is 0 Å². The molecule has 1 rings (SSSR count). The fourth-order valence-electron chi connectivity index (χ4n) is 2.52. The minimum absolute atomic E-state index is 0.0373. The predicted molar refractivity (Wildman–Crippen MR) is 80.3 cm³/mol. The van der Waals surface area contributed by atoms with Crippen LogP contribution in [0.3, 0.4) is 0 Å². The third-order valence-corrected chi connectivity index (χ3v) is 3.64. The molecule has 6 nitrogen and oxygen atoms in total. The van der Waals surface area contributed by atoms with Gasteiger partial charge in [-0.05, 0) is 25.8 Å². The predicted octanol–water partition coefficient (Wildman–Crippen LogP) is 2.53. The summed E-state index contributed by atoms with van der Waals surface area (Å²) in [5.74, 6) is -0.395. The fourth-order valence-corrected chi connectivity index (χ4v) is 2.52. The average molecular weight is 294 g/mol. The number of hydrogen-bond donors (Lipinski definition) is 1. The van der Waals surface area contributed by atoms with E-state index in [1.807, 2.05) is 13.8 Å². The first kappa shape index (κ1) is 17.1. The number of para-hydroxylation sites is 1. The minimum Gasteiger partial charge on any atom is -0.395 e. The average Bonchev–Trinajstić information content (AvgIpc) is 2.46. The van der Waals surface area contributed by atoms with Gasteiger partial charge in [-0.2, -0.15) is 0 Å². The molecule has 1 aromatic rings. The number of carbonyl (C=O) groups is 1. The molecule has 0 saturated heterocycles. The maximum absolute atomic E-state index is 12.7. The van der Waals surface area contributed by atoms with Crippen LogP contribution in [0.25, 0.3) is 0 Å². The van der Waals surface area contributed by atoms with Gasteiger partial charge < -0.3 is 10.0 Å². The first-order valence-electron chi connectivity index (χ1n) is 7.13. The van der Waals surface area contributed by atoms with Crippen molar-refractivity contribution in [3.63, 3.8) is 0 Å². The number of nitro groups is 1. The topological polar surface area (TPSA) is 83.7 Å². The molecule has 6 heteroatoms. The number of nitro benzene ring substituents is 1. The number of aryl methyl sites for hydroxylation is 1. The standard InChI is InChI=1S/C15H22N2O4/c1-4-12(5-2)16(9-10-18)15(19)13-8-6-7-11(3)14(13)17(20)21/h6-8,12,18H,4-5,9-10H2,1-3H3. The molecule has 0 spiro atoms. The molecule has 0 aliphatic carbocycles. The largest absolute Gasteiger partial charge is 0.395 e. The van der Waals surface area contributed by atoms with E-state index in [0.717, 1.165) is 12.8 Å². The highest BCUT2D eigenvalue weighted by Crippen LogP contribution is 2.25. The number of benzene rings is 1. The number of aliphatic hydroxyl groups excluding tert-OH is 1. The summed E-state index contributed by atoms with van der Waals surface area (Å²) in [4.78, 5) is 24.9. The number of rotatable bonds is 7. The zero-order chi connectivity index (χ0) is 16.0. The minimum atomic E-state index is -0.521. The van der Waals surface area contributed by atoms with E-state index in [1.165, 1.54) is 11.0 Å². The van der Waals surface area contributed by atoms with Gasteiger partial charge in [-0.1, -0.05) is 26.0 Å². The summed E-state index contributed by atoms with van der Waals surface area (Å²) < 4.78 is 0. The molecule has 116 valence electrons. The highest BCUT2D eigenvalue weighted by atomic mass is 16.6. The van der Waals surface area contributed by atoms with Gasteiger partial charge in [0.1, 0.15) is 5.56 Å². The highest BCUT2D eigenvalue weighted by molar-refractivity contribution is 5.98. The first-order valence-corrected chi connectivity index (χ1v) is 7.13. The maximum atomic E-state index is 12.7. The van der Waals surface area contributed by atoms with Crippen LogP contribution in [0.15, 0.2) is 18.2 Å². The quantitative estimate of drug-likeness (QED) is 0.618. The van der Waals surface area contributed by atoms with Crippen LogP contribution in [-0.2, 0) is 0 Å². The first-order chi connectivity index (χ1) is 9.97. The Hall–Kier alpha value is -1.95. The van der Waals surface area contributed by atoms with Crippen molar-refractivity contribution >= 4 is 11.6 Å². The normalized spacial score (nSPS) is 10.7. The third kappa shape index (κ3) is 3.78. The lowest BCUT2D eigenvalue weighted by Gasteiger charge is -2.30. The second-order valence-electron chi connectivity index (χ2n) is 4.92. The molecule has 0 aliphatic rings. The van der Waals surface area contributed by atoms with Crippen molar-refractivity contribution in [3.8, 4) is 0 Å². The zero-order valence-corrected chi connectivity index (χ0v) is 12.7. The van der Waals surface area contributed by atoms with Crippen LogP contribution in [-0.4, -0.2) is 40.0 Å². The van der Waals surface area contributed by atoms with E-state index in [0.29, 0.717) is 5.56 Å². The van der Waals surface area contributed by atoms with Crippen molar-refractivity contribution in [1.82, 2.24) is 4.90 Å². The van der Waals surface area contributed by atoms with Crippen molar-refractivity contribution < 1.29 is 14.8 Å². The van der Waals surface area contributed by atoms with E-state index in [9.17, 15) is 20.0 Å². The number of nitrogens with zero attached hydrogens (tertiary/aromatic N) is 2. The molecule has 0 bridgehead atoms. The third-order valence-electron chi connectivity index (χ3n) is 3.64. The van der Waals surface area contributed by atoms with E-state index in [-0.39, 0.29) is 30.4 Å². The Kier molecular flexibility index (Phi) is 6.30. The molecule has 1 aromatic carbocycles. The molecule has 21 heavy (non-hydrogen) atoms. The van der Waals surface area contributed by atoms with Crippen LogP contribution in [0, 0.1) is 17.0 Å². The number of carbonyl (C=O) groups excluding carboxylic acids is 1. The Morgan fingerprint density at radius 2 is 2.00 bits per heavy atom. The lowest BCUT2D eigenvalue weighted by atomic mass is 10.0. The smallest absolute Gasteiger partial charge is 0.285 e. The molecule has 0 atom stereocenters. The van der Waals surface area contributed by atoms with E-state index in [1.54, 1.807) is 19.1 Å². The molecule has 1 N–H and O–H groups in total. The Labute approximate surface area is 124 Å².